The Labute approximate surface area is 179 Å². The van der Waals surface area contributed by atoms with Gasteiger partial charge < -0.3 is 14.3 Å². The van der Waals surface area contributed by atoms with E-state index in [-0.39, 0.29) is 29.9 Å². The summed E-state index contributed by atoms with van der Waals surface area (Å²) in [6.07, 6.45) is 1.47. The number of hydrogen-bond acceptors (Lipinski definition) is 7. The minimum absolute atomic E-state index is 0.00556. The van der Waals surface area contributed by atoms with Crippen molar-refractivity contribution >= 4 is 27.6 Å². The Hall–Kier alpha value is -2.17. The fourth-order valence-electron chi connectivity index (χ4n) is 3.99. The molecular formula is C20H21ClN2O6S. The second-order valence-electron chi connectivity index (χ2n) is 7.49. The van der Waals surface area contributed by atoms with Crippen LogP contribution in [-0.2, 0) is 24.4 Å². The number of fused-ring (bicyclic) bond motifs is 2. The predicted octanol–water partition coefficient (Wildman–Crippen LogP) is 2.91. The highest BCUT2D eigenvalue weighted by Gasteiger charge is 2.52. The van der Waals surface area contributed by atoms with E-state index >= 15 is 0 Å². The monoisotopic (exact) mass is 452 g/mol. The highest BCUT2D eigenvalue weighted by atomic mass is 35.5. The summed E-state index contributed by atoms with van der Waals surface area (Å²) < 4.78 is 40.0. The molecule has 10 heteroatoms. The van der Waals surface area contributed by atoms with Crippen LogP contribution >= 0.6 is 11.6 Å². The quantitative estimate of drug-likeness (QED) is 0.647. The van der Waals surface area contributed by atoms with E-state index in [2.05, 4.69) is 9.56 Å². The lowest BCUT2D eigenvalue weighted by Gasteiger charge is -2.38. The first-order chi connectivity index (χ1) is 14.3. The van der Waals surface area contributed by atoms with E-state index in [0.29, 0.717) is 16.5 Å². The summed E-state index contributed by atoms with van der Waals surface area (Å²) in [6.45, 7) is 0. The molecule has 3 N–H and O–H groups in total. The van der Waals surface area contributed by atoms with Gasteiger partial charge in [0.05, 0.1) is 17.1 Å². The molecule has 2 fully saturated rings. The van der Waals surface area contributed by atoms with Crippen LogP contribution in [0.1, 0.15) is 25.7 Å². The van der Waals surface area contributed by atoms with Crippen LogP contribution in [0.25, 0.3) is 0 Å². The van der Waals surface area contributed by atoms with Crippen molar-refractivity contribution in [3.8, 4) is 11.5 Å². The van der Waals surface area contributed by atoms with Crippen LogP contribution < -0.4 is 15.4 Å². The first-order valence-electron chi connectivity index (χ1n) is 9.44. The molecule has 0 aliphatic carbocycles. The van der Waals surface area contributed by atoms with Gasteiger partial charge in [-0.3, -0.25) is 0 Å². The zero-order chi connectivity index (χ0) is 21.4. The fourth-order valence-corrected chi connectivity index (χ4v) is 5.49. The highest BCUT2D eigenvalue weighted by molar-refractivity contribution is 7.89. The molecule has 2 aliphatic heterocycles. The summed E-state index contributed by atoms with van der Waals surface area (Å²) in [4.78, 5) is 16.9. The molecule has 2 unspecified atom stereocenters. The summed E-state index contributed by atoms with van der Waals surface area (Å²) in [6, 6.07) is 12.7. The number of carbonyl (C=O) groups is 1. The van der Waals surface area contributed by atoms with Crippen molar-refractivity contribution < 1.29 is 27.5 Å². The summed E-state index contributed by atoms with van der Waals surface area (Å²) >= 11 is 5.85. The molecule has 0 saturated carbocycles. The number of ether oxygens (including phenoxy) is 2. The van der Waals surface area contributed by atoms with Gasteiger partial charge in [-0.15, -0.1) is 0 Å². The molecule has 2 aromatic carbocycles. The second kappa shape index (κ2) is 8.16. The number of hydrogen-bond donors (Lipinski definition) is 2. The first kappa shape index (κ1) is 21.1. The normalized spacial score (nSPS) is 25.7. The predicted molar refractivity (Wildman–Crippen MR) is 108 cm³/mol. The average molecular weight is 453 g/mol. The van der Waals surface area contributed by atoms with Crippen LogP contribution in [0.5, 0.6) is 11.5 Å². The van der Waals surface area contributed by atoms with Crippen LogP contribution in [0.4, 0.5) is 0 Å². The van der Waals surface area contributed by atoms with Crippen LogP contribution in [0.3, 0.4) is 0 Å². The van der Waals surface area contributed by atoms with E-state index in [1.54, 1.807) is 24.3 Å². The van der Waals surface area contributed by atoms with Crippen LogP contribution in [0, 0.1) is 0 Å². The zero-order valence-corrected chi connectivity index (χ0v) is 17.5. The lowest BCUT2D eigenvalue weighted by atomic mass is 9.87. The molecular weight excluding hydrogens is 432 g/mol. The summed E-state index contributed by atoms with van der Waals surface area (Å²) in [5.74, 6) is 5.32. The average Bonchev–Trinajstić information content (AvgIpc) is 3.07. The summed E-state index contributed by atoms with van der Waals surface area (Å²) in [7, 11) is -4.02. The lowest BCUT2D eigenvalue weighted by molar-refractivity contribution is -0.159. The van der Waals surface area contributed by atoms with Crippen molar-refractivity contribution in [1.29, 1.82) is 0 Å². The minimum atomic E-state index is -4.02. The Morgan fingerprint density at radius 1 is 1.03 bits per heavy atom. The van der Waals surface area contributed by atoms with Gasteiger partial charge in [-0.1, -0.05) is 11.6 Å². The van der Waals surface area contributed by atoms with Crippen molar-refractivity contribution in [1.82, 2.24) is 4.72 Å². The van der Waals surface area contributed by atoms with E-state index in [1.165, 1.54) is 24.3 Å². The van der Waals surface area contributed by atoms with Gasteiger partial charge in [0.2, 0.25) is 10.0 Å². The van der Waals surface area contributed by atoms with E-state index < -0.39 is 21.5 Å². The van der Waals surface area contributed by atoms with Crippen molar-refractivity contribution in [2.75, 3.05) is 0 Å². The smallest absolute Gasteiger partial charge is 0.345 e. The van der Waals surface area contributed by atoms with Gasteiger partial charge in [0, 0.05) is 17.9 Å². The number of carbonyl (C=O) groups excluding carboxylic acids is 1. The molecule has 0 aromatic heterocycles. The second-order valence-corrected chi connectivity index (χ2v) is 9.60. The van der Waals surface area contributed by atoms with Crippen molar-refractivity contribution in [2.24, 2.45) is 5.90 Å². The Morgan fingerprint density at radius 3 is 2.10 bits per heavy atom. The van der Waals surface area contributed by atoms with Crippen molar-refractivity contribution in [3.63, 3.8) is 0 Å². The topological polar surface area (TPSA) is 117 Å². The molecule has 30 heavy (non-hydrogen) atoms. The SMILES string of the molecule is NOC(=O)C1(NS(=O)(=O)c2ccc(Oc3ccc(Cl)cc3)cc2)CC2CCC(C1)O2. The van der Waals surface area contributed by atoms with Gasteiger partial charge in [0.25, 0.3) is 0 Å². The van der Waals surface area contributed by atoms with Gasteiger partial charge in [0.1, 0.15) is 17.0 Å². The molecule has 2 aliphatic rings. The molecule has 0 amide bonds. The minimum Gasteiger partial charge on any atom is -0.457 e. The third kappa shape index (κ3) is 4.30. The molecule has 0 spiro atoms. The van der Waals surface area contributed by atoms with E-state index in [0.717, 1.165) is 12.8 Å². The van der Waals surface area contributed by atoms with E-state index in [9.17, 15) is 13.2 Å². The van der Waals surface area contributed by atoms with Gasteiger partial charge in [-0.2, -0.15) is 10.6 Å². The number of nitrogens with two attached hydrogens (primary N) is 1. The molecule has 2 bridgehead atoms. The molecule has 2 heterocycles. The Balaban J connectivity index is 1.53. The van der Waals surface area contributed by atoms with Gasteiger partial charge >= 0.3 is 5.97 Å². The molecule has 2 atom stereocenters. The fraction of sp³-hybridized carbons (Fsp3) is 0.350. The van der Waals surface area contributed by atoms with Crippen molar-refractivity contribution in [3.05, 3.63) is 53.6 Å². The number of nitrogens with one attached hydrogen (secondary N) is 1. The molecule has 4 rings (SSSR count). The number of rotatable bonds is 6. The van der Waals surface area contributed by atoms with Crippen LogP contribution in [0.15, 0.2) is 53.4 Å². The first-order valence-corrected chi connectivity index (χ1v) is 11.3. The maximum atomic E-state index is 13.0. The molecule has 0 radical (unpaired) electrons. The zero-order valence-electron chi connectivity index (χ0n) is 15.9. The Bertz CT molecular complexity index is 1010. The number of benzene rings is 2. The molecule has 2 saturated heterocycles. The Kier molecular flexibility index (Phi) is 5.73. The number of halogens is 1. The maximum Gasteiger partial charge on any atom is 0.345 e. The third-order valence-corrected chi connectivity index (χ3v) is 7.16. The largest absolute Gasteiger partial charge is 0.457 e. The standard InChI is InChI=1S/C20H21ClN2O6S/c21-13-1-3-14(4-2-13)27-15-7-9-18(10-8-15)30(25,26)23-20(19(24)29-22)11-16-5-6-17(12-20)28-16/h1-4,7-10,16-17,23H,5-6,11-12,22H2. The van der Waals surface area contributed by atoms with E-state index in [4.69, 9.17) is 27.0 Å². The van der Waals surface area contributed by atoms with Crippen molar-refractivity contribution in [2.45, 2.75) is 48.3 Å². The van der Waals surface area contributed by atoms with Crippen LogP contribution in [-0.4, -0.2) is 32.1 Å². The maximum absolute atomic E-state index is 13.0. The Morgan fingerprint density at radius 2 is 1.57 bits per heavy atom. The lowest BCUT2D eigenvalue weighted by Crippen LogP contribution is -2.60. The third-order valence-electron chi connectivity index (χ3n) is 5.36. The molecule has 2 aromatic rings. The van der Waals surface area contributed by atoms with Gasteiger partial charge in [-0.05, 0) is 61.4 Å². The van der Waals surface area contributed by atoms with E-state index in [1.807, 2.05) is 0 Å². The van der Waals surface area contributed by atoms with Gasteiger partial charge in [0.15, 0.2) is 0 Å². The molecule has 8 nitrogen and oxygen atoms in total. The van der Waals surface area contributed by atoms with Gasteiger partial charge in [-0.25, -0.2) is 13.2 Å². The number of sulfonamides is 1. The molecule has 160 valence electrons. The van der Waals surface area contributed by atoms with Crippen LogP contribution in [0.2, 0.25) is 5.02 Å². The summed E-state index contributed by atoms with van der Waals surface area (Å²) in [5.41, 5.74) is -1.45. The summed E-state index contributed by atoms with van der Waals surface area (Å²) in [5, 5.41) is 0.585. The highest BCUT2D eigenvalue weighted by Crippen LogP contribution is 2.40.